The number of hydrogen-bond acceptors (Lipinski definition) is 7. The van der Waals surface area contributed by atoms with Crippen LogP contribution in [0, 0.1) is 0 Å². The Bertz CT molecular complexity index is 1040. The van der Waals surface area contributed by atoms with Crippen LogP contribution in [0.4, 0.5) is 5.69 Å². The summed E-state index contributed by atoms with van der Waals surface area (Å²) in [7, 11) is 3.33. The molecule has 0 unspecified atom stereocenters. The molecule has 2 amide bonds. The summed E-state index contributed by atoms with van der Waals surface area (Å²) in [5.74, 6) is 0.812. The Morgan fingerprint density at radius 1 is 1.13 bits per heavy atom. The molecule has 0 spiro atoms. The Labute approximate surface area is 177 Å². The van der Waals surface area contributed by atoms with Crippen LogP contribution >= 0.6 is 11.8 Å². The number of thioether (sulfide) groups is 1. The number of aromatic nitrogens is 3. The summed E-state index contributed by atoms with van der Waals surface area (Å²) < 4.78 is 6.79. The highest BCUT2D eigenvalue weighted by atomic mass is 32.2. The first-order chi connectivity index (χ1) is 14.5. The van der Waals surface area contributed by atoms with Crippen LogP contribution in [0.3, 0.4) is 0 Å². The number of methoxy groups -OCH3 is 1. The fourth-order valence-electron chi connectivity index (χ4n) is 2.52. The number of phenolic OH excluding ortho intramolecular Hbond substituents is 1. The zero-order valence-electron chi connectivity index (χ0n) is 16.5. The monoisotopic (exact) mass is 427 g/mol. The number of para-hydroxylation sites is 2. The van der Waals surface area contributed by atoms with E-state index in [9.17, 15) is 14.7 Å². The Hall–Kier alpha value is -3.53. The molecule has 156 valence electrons. The molecular formula is C20H21N5O4S. The van der Waals surface area contributed by atoms with Crippen LogP contribution in [0.15, 0.2) is 53.7 Å². The summed E-state index contributed by atoms with van der Waals surface area (Å²) in [4.78, 5) is 24.4. The lowest BCUT2D eigenvalue weighted by Gasteiger charge is -2.08. The molecule has 1 heterocycles. The molecule has 3 rings (SSSR count). The van der Waals surface area contributed by atoms with Crippen molar-refractivity contribution in [1.82, 2.24) is 20.1 Å². The van der Waals surface area contributed by atoms with Crippen LogP contribution in [-0.4, -0.2) is 44.5 Å². The van der Waals surface area contributed by atoms with E-state index in [1.165, 1.54) is 17.8 Å². The van der Waals surface area contributed by atoms with Gasteiger partial charge in [-0.15, -0.1) is 10.2 Å². The third kappa shape index (κ3) is 5.29. The van der Waals surface area contributed by atoms with E-state index < -0.39 is 0 Å². The van der Waals surface area contributed by atoms with Crippen molar-refractivity contribution in [1.29, 1.82) is 0 Å². The third-order valence-electron chi connectivity index (χ3n) is 4.19. The second-order valence-electron chi connectivity index (χ2n) is 6.22. The van der Waals surface area contributed by atoms with E-state index in [1.807, 2.05) is 0 Å². The minimum absolute atomic E-state index is 0.00407. The third-order valence-corrected chi connectivity index (χ3v) is 5.22. The molecule has 0 aliphatic heterocycles. The number of ether oxygens (including phenoxy) is 1. The van der Waals surface area contributed by atoms with Crippen molar-refractivity contribution >= 4 is 29.3 Å². The second-order valence-corrected chi connectivity index (χ2v) is 7.17. The number of carbonyl (C=O) groups excluding carboxylic acids is 2. The number of benzene rings is 2. The van der Waals surface area contributed by atoms with Crippen molar-refractivity contribution in [2.75, 3.05) is 18.2 Å². The van der Waals surface area contributed by atoms with Gasteiger partial charge in [0.2, 0.25) is 5.91 Å². The number of amides is 2. The number of nitrogens with zero attached hydrogens (tertiary/aromatic N) is 3. The molecule has 0 saturated heterocycles. The molecule has 0 aliphatic rings. The summed E-state index contributed by atoms with van der Waals surface area (Å²) >= 11 is 1.20. The lowest BCUT2D eigenvalue weighted by atomic mass is 10.2. The maximum atomic E-state index is 12.3. The fourth-order valence-corrected chi connectivity index (χ4v) is 3.25. The van der Waals surface area contributed by atoms with Crippen molar-refractivity contribution < 1.29 is 19.4 Å². The first-order valence-electron chi connectivity index (χ1n) is 8.99. The van der Waals surface area contributed by atoms with E-state index in [1.54, 1.807) is 61.2 Å². The number of carbonyl (C=O) groups is 2. The lowest BCUT2D eigenvalue weighted by Crippen LogP contribution is -2.24. The summed E-state index contributed by atoms with van der Waals surface area (Å²) in [5.41, 5.74) is 0.858. The largest absolute Gasteiger partial charge is 0.506 e. The van der Waals surface area contributed by atoms with E-state index in [0.29, 0.717) is 28.0 Å². The van der Waals surface area contributed by atoms with Gasteiger partial charge in [0.25, 0.3) is 5.91 Å². The predicted molar refractivity (Wildman–Crippen MR) is 113 cm³/mol. The van der Waals surface area contributed by atoms with Gasteiger partial charge in [-0.2, -0.15) is 0 Å². The van der Waals surface area contributed by atoms with Crippen molar-refractivity contribution in [2.24, 2.45) is 7.05 Å². The van der Waals surface area contributed by atoms with Crippen LogP contribution in [-0.2, 0) is 18.4 Å². The van der Waals surface area contributed by atoms with E-state index in [4.69, 9.17) is 4.74 Å². The van der Waals surface area contributed by atoms with E-state index in [2.05, 4.69) is 20.8 Å². The van der Waals surface area contributed by atoms with Gasteiger partial charge in [-0.1, -0.05) is 23.9 Å². The molecule has 0 atom stereocenters. The van der Waals surface area contributed by atoms with Gasteiger partial charge in [0.15, 0.2) is 11.0 Å². The number of nitrogens with one attached hydrogen (secondary N) is 2. The fraction of sp³-hybridized carbons (Fsp3) is 0.200. The highest BCUT2D eigenvalue weighted by Crippen LogP contribution is 2.22. The van der Waals surface area contributed by atoms with Gasteiger partial charge < -0.3 is 25.0 Å². The Morgan fingerprint density at radius 3 is 2.57 bits per heavy atom. The second kappa shape index (κ2) is 9.79. The van der Waals surface area contributed by atoms with Gasteiger partial charge in [-0.3, -0.25) is 9.59 Å². The standard InChI is InChI=1S/C20H21N5O4S/c1-25-17(11-21-19(28)13-7-9-14(29-2)10-8-13)23-24-20(25)30-12-18(27)22-15-5-3-4-6-16(15)26/h3-10,26H,11-12H2,1-2H3,(H,21,28)(H,22,27). The SMILES string of the molecule is COc1ccc(C(=O)NCc2nnc(SCC(=O)Nc3ccccc3O)n2C)cc1. The van der Waals surface area contributed by atoms with Crippen molar-refractivity contribution in [3.05, 3.63) is 59.9 Å². The zero-order valence-corrected chi connectivity index (χ0v) is 17.3. The van der Waals surface area contributed by atoms with Gasteiger partial charge in [-0.25, -0.2) is 0 Å². The summed E-state index contributed by atoms with van der Waals surface area (Å²) in [6, 6.07) is 13.3. The molecule has 3 N–H and O–H groups in total. The molecule has 30 heavy (non-hydrogen) atoms. The first kappa shape index (κ1) is 21.2. The number of anilines is 1. The average Bonchev–Trinajstić information content (AvgIpc) is 3.11. The Balaban J connectivity index is 1.52. The molecule has 3 aromatic rings. The molecule has 10 heteroatoms. The minimum Gasteiger partial charge on any atom is -0.506 e. The van der Waals surface area contributed by atoms with E-state index in [0.717, 1.165) is 0 Å². The molecule has 0 fully saturated rings. The number of aromatic hydroxyl groups is 1. The maximum absolute atomic E-state index is 12.3. The molecule has 9 nitrogen and oxygen atoms in total. The van der Waals surface area contributed by atoms with E-state index in [-0.39, 0.29) is 29.9 Å². The highest BCUT2D eigenvalue weighted by Gasteiger charge is 2.14. The maximum Gasteiger partial charge on any atom is 0.251 e. The number of rotatable bonds is 8. The van der Waals surface area contributed by atoms with Gasteiger partial charge in [0.1, 0.15) is 11.5 Å². The normalized spacial score (nSPS) is 10.5. The van der Waals surface area contributed by atoms with Crippen LogP contribution in [0.2, 0.25) is 0 Å². The molecule has 0 radical (unpaired) electrons. The van der Waals surface area contributed by atoms with Crippen molar-refractivity contribution in [2.45, 2.75) is 11.7 Å². The quantitative estimate of drug-likeness (QED) is 0.372. The van der Waals surface area contributed by atoms with Gasteiger partial charge >= 0.3 is 0 Å². The molecular weight excluding hydrogens is 406 g/mol. The minimum atomic E-state index is -0.279. The van der Waals surface area contributed by atoms with Gasteiger partial charge in [0, 0.05) is 12.6 Å². The van der Waals surface area contributed by atoms with Gasteiger partial charge in [0.05, 0.1) is 25.1 Å². The topological polar surface area (TPSA) is 118 Å². The summed E-state index contributed by atoms with van der Waals surface area (Å²) in [5, 5.41) is 23.8. The number of hydrogen-bond donors (Lipinski definition) is 3. The average molecular weight is 427 g/mol. The lowest BCUT2D eigenvalue weighted by molar-refractivity contribution is -0.113. The van der Waals surface area contributed by atoms with E-state index >= 15 is 0 Å². The smallest absolute Gasteiger partial charge is 0.251 e. The highest BCUT2D eigenvalue weighted by molar-refractivity contribution is 7.99. The molecule has 1 aromatic heterocycles. The summed E-state index contributed by atoms with van der Waals surface area (Å²) in [6.07, 6.45) is 0. The molecule has 0 bridgehead atoms. The van der Waals surface area contributed by atoms with Crippen LogP contribution in [0.1, 0.15) is 16.2 Å². The van der Waals surface area contributed by atoms with Crippen LogP contribution in [0.25, 0.3) is 0 Å². The zero-order chi connectivity index (χ0) is 21.5. The Morgan fingerprint density at radius 2 is 1.87 bits per heavy atom. The molecule has 2 aromatic carbocycles. The van der Waals surface area contributed by atoms with Gasteiger partial charge in [-0.05, 0) is 36.4 Å². The Kier molecular flexibility index (Phi) is 6.91. The molecule has 0 aliphatic carbocycles. The molecule has 0 saturated carbocycles. The predicted octanol–water partition coefficient (Wildman–Crippen LogP) is 2.19. The number of phenols is 1. The van der Waals surface area contributed by atoms with Crippen LogP contribution in [0.5, 0.6) is 11.5 Å². The summed E-state index contributed by atoms with van der Waals surface area (Å²) in [6.45, 7) is 0.193. The van der Waals surface area contributed by atoms with Crippen molar-refractivity contribution in [3.8, 4) is 11.5 Å². The van der Waals surface area contributed by atoms with Crippen molar-refractivity contribution in [3.63, 3.8) is 0 Å². The first-order valence-corrected chi connectivity index (χ1v) is 9.97. The van der Waals surface area contributed by atoms with Crippen LogP contribution < -0.4 is 15.4 Å².